The number of halogens is 1. The maximum Gasteiger partial charge on any atom is 0.309 e. The summed E-state index contributed by atoms with van der Waals surface area (Å²) in [5.74, 6) is -1.75. The van der Waals surface area contributed by atoms with Gasteiger partial charge in [0.2, 0.25) is 15.8 Å². The van der Waals surface area contributed by atoms with Gasteiger partial charge in [-0.25, -0.2) is 12.8 Å². The summed E-state index contributed by atoms with van der Waals surface area (Å²) in [6, 6.07) is 10.0. The zero-order valence-electron chi connectivity index (χ0n) is 17.8. The summed E-state index contributed by atoms with van der Waals surface area (Å²) in [5.41, 5.74) is 2.55. The van der Waals surface area contributed by atoms with E-state index in [0.717, 1.165) is 23.3 Å². The predicted octanol–water partition coefficient (Wildman–Crippen LogP) is 3.66. The molecule has 0 amide bonds. The second kappa shape index (κ2) is 9.28. The lowest BCUT2D eigenvalue weighted by molar-refractivity contribution is -0.152. The molecule has 8 heteroatoms. The number of hydrogen-bond donors (Lipinski definition) is 0. The van der Waals surface area contributed by atoms with Gasteiger partial charge < -0.3 is 4.74 Å². The average Bonchev–Trinajstić information content (AvgIpc) is 2.75. The first-order valence-electron chi connectivity index (χ1n) is 10.2. The fraction of sp³-hybridized carbons (Fsp3) is 0.391. The maximum atomic E-state index is 13.1. The van der Waals surface area contributed by atoms with Crippen LogP contribution in [0.1, 0.15) is 41.3 Å². The Kier molecular flexibility index (Phi) is 6.91. The number of carbonyl (C=O) groups excluding carboxylic acids is 2. The molecule has 31 heavy (non-hydrogen) atoms. The number of nitrogens with zero attached hydrogens (tertiary/aromatic N) is 1. The van der Waals surface area contributed by atoms with Crippen LogP contribution in [0.15, 0.2) is 47.4 Å². The van der Waals surface area contributed by atoms with Crippen molar-refractivity contribution >= 4 is 21.8 Å². The van der Waals surface area contributed by atoms with Crippen molar-refractivity contribution in [1.29, 1.82) is 0 Å². The Labute approximate surface area is 182 Å². The molecule has 0 radical (unpaired) electrons. The number of ketones is 1. The maximum absolute atomic E-state index is 13.1. The van der Waals surface area contributed by atoms with E-state index in [1.165, 1.54) is 16.4 Å². The van der Waals surface area contributed by atoms with Crippen molar-refractivity contribution < 1.29 is 27.1 Å². The van der Waals surface area contributed by atoms with E-state index in [2.05, 4.69) is 0 Å². The summed E-state index contributed by atoms with van der Waals surface area (Å²) < 4.78 is 45.1. The average molecular weight is 448 g/mol. The highest BCUT2D eigenvalue weighted by Crippen LogP contribution is 2.25. The van der Waals surface area contributed by atoms with Gasteiger partial charge in [0.25, 0.3) is 0 Å². The molecule has 6 nitrogen and oxygen atoms in total. The highest BCUT2D eigenvalue weighted by atomic mass is 32.2. The molecule has 2 aromatic carbocycles. The Morgan fingerprint density at radius 2 is 1.65 bits per heavy atom. The molecule has 1 fully saturated rings. The Morgan fingerprint density at radius 3 is 2.23 bits per heavy atom. The fourth-order valence-corrected chi connectivity index (χ4v) is 5.01. The van der Waals surface area contributed by atoms with E-state index in [4.69, 9.17) is 4.74 Å². The zero-order valence-corrected chi connectivity index (χ0v) is 18.6. The third kappa shape index (κ3) is 5.19. The molecule has 1 atom stereocenters. The lowest BCUT2D eigenvalue weighted by Gasteiger charge is -2.30. The summed E-state index contributed by atoms with van der Waals surface area (Å²) in [6.07, 6.45) is -0.330. The normalized spacial score (nSPS) is 16.6. The number of Topliss-reactive ketones (excluding diaryl/α,β-unsaturated/α-hetero) is 1. The second-order valence-electron chi connectivity index (χ2n) is 7.87. The van der Waals surface area contributed by atoms with Gasteiger partial charge in [-0.3, -0.25) is 9.59 Å². The fourth-order valence-electron chi connectivity index (χ4n) is 3.54. The van der Waals surface area contributed by atoms with E-state index in [1.54, 1.807) is 19.1 Å². The molecule has 3 rings (SSSR count). The van der Waals surface area contributed by atoms with Crippen LogP contribution in [0, 0.1) is 25.6 Å². The lowest BCUT2D eigenvalue weighted by atomic mass is 9.98. The molecule has 1 unspecified atom stereocenters. The van der Waals surface area contributed by atoms with Crippen LogP contribution in [0.4, 0.5) is 4.39 Å². The largest absolute Gasteiger partial charge is 0.454 e. The van der Waals surface area contributed by atoms with E-state index in [-0.39, 0.29) is 23.8 Å². The van der Waals surface area contributed by atoms with Crippen molar-refractivity contribution in [3.8, 4) is 0 Å². The predicted molar refractivity (Wildman–Crippen MR) is 114 cm³/mol. The number of hydrogen-bond acceptors (Lipinski definition) is 5. The summed E-state index contributed by atoms with van der Waals surface area (Å²) in [7, 11) is -3.75. The number of carbonyl (C=O) groups is 2. The molecule has 1 heterocycles. The first kappa shape index (κ1) is 23.1. The van der Waals surface area contributed by atoms with Crippen molar-refractivity contribution in [3.63, 3.8) is 0 Å². The van der Waals surface area contributed by atoms with Crippen molar-refractivity contribution in [3.05, 3.63) is 65.0 Å². The standard InChI is InChI=1S/C23H26FNO5S/c1-15-4-5-19(14-16(15)2)22(26)17(3)30-23(27)18-10-12-25(13-11-18)31(28,29)21-8-6-20(24)7-9-21/h4-9,14,17-18H,10-13H2,1-3H3. The SMILES string of the molecule is Cc1ccc(C(=O)C(C)OC(=O)C2CCN(S(=O)(=O)c3ccc(F)cc3)CC2)cc1C. The van der Waals surface area contributed by atoms with Gasteiger partial charge in [0.05, 0.1) is 10.8 Å². The smallest absolute Gasteiger partial charge is 0.309 e. The van der Waals surface area contributed by atoms with Gasteiger partial charge in [-0.1, -0.05) is 12.1 Å². The van der Waals surface area contributed by atoms with Crippen molar-refractivity contribution in [2.75, 3.05) is 13.1 Å². The molecule has 0 bridgehead atoms. The minimum atomic E-state index is -3.75. The van der Waals surface area contributed by atoms with Crippen LogP contribution in [-0.4, -0.2) is 43.7 Å². The molecule has 166 valence electrons. The van der Waals surface area contributed by atoms with E-state index >= 15 is 0 Å². The van der Waals surface area contributed by atoms with Gasteiger partial charge in [0, 0.05) is 18.7 Å². The number of piperidine rings is 1. The van der Waals surface area contributed by atoms with Gasteiger partial charge in [0.1, 0.15) is 5.82 Å². The molecule has 0 aromatic heterocycles. The van der Waals surface area contributed by atoms with Crippen LogP contribution >= 0.6 is 0 Å². The zero-order chi connectivity index (χ0) is 22.8. The van der Waals surface area contributed by atoms with Crippen molar-refractivity contribution in [2.24, 2.45) is 5.92 Å². The number of aryl methyl sites for hydroxylation is 2. The molecular formula is C23H26FNO5S. The summed E-state index contributed by atoms with van der Waals surface area (Å²) in [4.78, 5) is 25.2. The van der Waals surface area contributed by atoms with Crippen LogP contribution in [0.25, 0.3) is 0 Å². The molecular weight excluding hydrogens is 421 g/mol. The number of esters is 1. The van der Waals surface area contributed by atoms with Crippen molar-refractivity contribution in [2.45, 2.75) is 44.6 Å². The minimum Gasteiger partial charge on any atom is -0.454 e. The van der Waals surface area contributed by atoms with E-state index < -0.39 is 33.8 Å². The summed E-state index contributed by atoms with van der Waals surface area (Å²) >= 11 is 0. The minimum absolute atomic E-state index is 0.0162. The Hall–Kier alpha value is -2.58. The van der Waals surface area contributed by atoms with Crippen LogP contribution in [0.3, 0.4) is 0 Å². The molecule has 0 aliphatic carbocycles. The molecule has 1 aliphatic heterocycles. The number of benzene rings is 2. The van der Waals surface area contributed by atoms with Gasteiger partial charge in [-0.15, -0.1) is 0 Å². The topological polar surface area (TPSA) is 80.8 Å². The van der Waals surface area contributed by atoms with E-state index in [1.807, 2.05) is 19.9 Å². The molecule has 1 aliphatic rings. The highest BCUT2D eigenvalue weighted by Gasteiger charge is 2.34. The number of sulfonamides is 1. The summed E-state index contributed by atoms with van der Waals surface area (Å²) in [6.45, 7) is 5.72. The summed E-state index contributed by atoms with van der Waals surface area (Å²) in [5, 5.41) is 0. The third-order valence-electron chi connectivity index (χ3n) is 5.69. The first-order valence-corrected chi connectivity index (χ1v) is 11.6. The van der Waals surface area contributed by atoms with Crippen LogP contribution in [0.2, 0.25) is 0 Å². The van der Waals surface area contributed by atoms with Crippen molar-refractivity contribution in [1.82, 2.24) is 4.31 Å². The molecule has 0 saturated carbocycles. The molecule has 0 spiro atoms. The Balaban J connectivity index is 1.57. The number of ether oxygens (including phenoxy) is 1. The van der Waals surface area contributed by atoms with Gasteiger partial charge >= 0.3 is 5.97 Å². The van der Waals surface area contributed by atoms with E-state index in [0.29, 0.717) is 18.4 Å². The Bertz CT molecular complexity index is 1070. The quantitative estimate of drug-likeness (QED) is 0.499. The molecule has 2 aromatic rings. The van der Waals surface area contributed by atoms with Crippen LogP contribution < -0.4 is 0 Å². The molecule has 1 saturated heterocycles. The third-order valence-corrected chi connectivity index (χ3v) is 7.61. The van der Waals surface area contributed by atoms with Crippen LogP contribution in [-0.2, 0) is 19.6 Å². The highest BCUT2D eigenvalue weighted by molar-refractivity contribution is 7.89. The second-order valence-corrected chi connectivity index (χ2v) is 9.81. The molecule has 0 N–H and O–H groups in total. The van der Waals surface area contributed by atoms with Gasteiger partial charge in [-0.2, -0.15) is 4.31 Å². The Morgan fingerprint density at radius 1 is 1.03 bits per heavy atom. The van der Waals surface area contributed by atoms with Gasteiger partial charge in [0.15, 0.2) is 6.10 Å². The lowest BCUT2D eigenvalue weighted by Crippen LogP contribution is -2.41. The first-order chi connectivity index (χ1) is 14.6. The van der Waals surface area contributed by atoms with Gasteiger partial charge in [-0.05, 0) is 75.1 Å². The number of rotatable bonds is 6. The van der Waals surface area contributed by atoms with E-state index in [9.17, 15) is 22.4 Å². The monoisotopic (exact) mass is 447 g/mol. The van der Waals surface area contributed by atoms with Crippen LogP contribution in [0.5, 0.6) is 0 Å².